The van der Waals surface area contributed by atoms with Crippen molar-refractivity contribution >= 4 is 35.0 Å². The molecule has 4 N–H and O–H groups in total. The third-order valence-corrected chi connectivity index (χ3v) is 15.9. The first-order valence-electron chi connectivity index (χ1n) is 25.4. The van der Waals surface area contributed by atoms with Crippen molar-refractivity contribution in [1.29, 1.82) is 0 Å². The van der Waals surface area contributed by atoms with Crippen molar-refractivity contribution < 1.29 is 23.9 Å². The van der Waals surface area contributed by atoms with E-state index in [4.69, 9.17) is 9.72 Å². The summed E-state index contributed by atoms with van der Waals surface area (Å²) in [5.74, 6) is -0.108. The molecule has 8 rings (SSSR count). The fraction of sp³-hybridized carbons (Fsp3) is 0.456. The number of thiazole rings is 1. The SMILES string of the molecule is CN[C@@H](C)C(=O)N[C@H](C(=O)N1Cc2cc(OCCN(C)CCN3CCC(CNC(=O)c4ccccc4)(c4nc(-c5ccccc5)cs4)CC3)ccc2CC1C(=O)NC1CCCc2ccccc21)C(C)(C)C. The molecule has 3 aliphatic rings. The fourth-order valence-electron chi connectivity index (χ4n) is 10.1. The van der Waals surface area contributed by atoms with Crippen LogP contribution in [-0.4, -0.2) is 121 Å². The van der Waals surface area contributed by atoms with Crippen LogP contribution in [-0.2, 0) is 39.2 Å². The number of nitrogens with one attached hydrogen (secondary N) is 4. The van der Waals surface area contributed by atoms with E-state index in [-0.39, 0.29) is 41.6 Å². The largest absolute Gasteiger partial charge is 0.492 e. The van der Waals surface area contributed by atoms with E-state index in [1.165, 1.54) is 5.56 Å². The number of likely N-dealkylation sites (tertiary alicyclic amines) is 1. The lowest BCUT2D eigenvalue weighted by Gasteiger charge is -2.42. The molecule has 5 aromatic rings. The van der Waals surface area contributed by atoms with Gasteiger partial charge in [0.15, 0.2) is 0 Å². The summed E-state index contributed by atoms with van der Waals surface area (Å²) in [6, 6.07) is 31.7. The monoisotopic (exact) mass is 981 g/mol. The van der Waals surface area contributed by atoms with Gasteiger partial charge < -0.3 is 40.7 Å². The van der Waals surface area contributed by atoms with Crippen LogP contribution >= 0.6 is 11.3 Å². The van der Waals surface area contributed by atoms with Crippen LogP contribution in [0.1, 0.15) is 97.0 Å². The molecule has 0 bridgehead atoms. The van der Waals surface area contributed by atoms with Crippen LogP contribution < -0.4 is 26.0 Å². The van der Waals surface area contributed by atoms with Crippen molar-refractivity contribution in [3.8, 4) is 17.0 Å². The first kappa shape index (κ1) is 51.4. The number of carbonyl (C=O) groups excluding carboxylic acids is 4. The third-order valence-electron chi connectivity index (χ3n) is 14.8. The molecular weight excluding hydrogens is 909 g/mol. The van der Waals surface area contributed by atoms with E-state index in [0.717, 1.165) is 97.8 Å². The van der Waals surface area contributed by atoms with Gasteiger partial charge in [0, 0.05) is 61.1 Å². The maximum Gasteiger partial charge on any atom is 0.251 e. The Morgan fingerprint density at radius 1 is 0.901 bits per heavy atom. The number of piperidine rings is 1. The minimum atomic E-state index is -0.862. The van der Waals surface area contributed by atoms with Gasteiger partial charge in [0.25, 0.3) is 5.91 Å². The number of likely N-dealkylation sites (N-methyl/N-ethyl adjacent to an activating group) is 2. The standard InChI is InChI=1S/C57H72N8O5S/c1-39(58-5)51(66)62-50(56(2,3)4)54(69)65-36-44-34-45(25-24-43(44)35-49(65)53(68)60-47-23-15-21-40-16-13-14-22-46(40)47)70-33-32-63(6)30-31-64-28-26-57(27-29-64,38-59-52(67)42-19-11-8-12-20-42)55-61-48(37-71-55)41-17-9-7-10-18-41/h7-14,16-20,22,24-25,34,37,39,47,49-50,58H,15,21,23,26-33,35-36,38H2,1-6H3,(H,59,67)(H,60,68)(H,62,66)/t39-,47?,49?,50+/m0/s1. The number of fused-ring (bicyclic) bond motifs is 2. The molecular formula is C57H72N8O5S. The molecule has 376 valence electrons. The molecule has 4 amide bonds. The molecule has 13 nitrogen and oxygen atoms in total. The summed E-state index contributed by atoms with van der Waals surface area (Å²) in [4.78, 5) is 67.4. The van der Waals surface area contributed by atoms with Crippen LogP contribution in [0.25, 0.3) is 11.3 Å². The maximum absolute atomic E-state index is 14.8. The van der Waals surface area contributed by atoms with E-state index in [2.05, 4.69) is 67.8 Å². The van der Waals surface area contributed by atoms with Gasteiger partial charge in [-0.05, 0) is 118 Å². The predicted octanol–water partition coefficient (Wildman–Crippen LogP) is 7.17. The quantitative estimate of drug-likeness (QED) is 0.0718. The van der Waals surface area contributed by atoms with E-state index in [0.29, 0.717) is 30.9 Å². The second-order valence-corrected chi connectivity index (χ2v) is 21.7. The molecule has 0 spiro atoms. The van der Waals surface area contributed by atoms with Crippen molar-refractivity contribution in [1.82, 2.24) is 41.0 Å². The first-order chi connectivity index (χ1) is 34.2. The molecule has 0 radical (unpaired) electrons. The van der Waals surface area contributed by atoms with Crippen LogP contribution in [0.15, 0.2) is 109 Å². The molecule has 1 saturated heterocycles. The van der Waals surface area contributed by atoms with Crippen LogP contribution in [0.2, 0.25) is 0 Å². The Bertz CT molecular complexity index is 2610. The lowest BCUT2D eigenvalue weighted by Crippen LogP contribution is -2.62. The van der Waals surface area contributed by atoms with Gasteiger partial charge in [-0.25, -0.2) is 4.98 Å². The third kappa shape index (κ3) is 12.6. The summed E-state index contributed by atoms with van der Waals surface area (Å²) in [5, 5.41) is 15.8. The van der Waals surface area contributed by atoms with Crippen LogP contribution in [0.5, 0.6) is 5.75 Å². The number of aromatic nitrogens is 1. The average Bonchev–Trinajstić information content (AvgIpc) is 3.90. The van der Waals surface area contributed by atoms with E-state index in [1.807, 2.05) is 99.6 Å². The Morgan fingerprint density at radius 3 is 2.35 bits per heavy atom. The van der Waals surface area contributed by atoms with Gasteiger partial charge in [0.1, 0.15) is 29.4 Å². The fourth-order valence-corrected chi connectivity index (χ4v) is 11.2. The Morgan fingerprint density at radius 2 is 1.62 bits per heavy atom. The predicted molar refractivity (Wildman–Crippen MR) is 281 cm³/mol. The van der Waals surface area contributed by atoms with E-state index in [9.17, 15) is 19.2 Å². The zero-order valence-electron chi connectivity index (χ0n) is 42.3. The Kier molecular flexibility index (Phi) is 16.7. The van der Waals surface area contributed by atoms with Crippen molar-refractivity contribution in [3.05, 3.63) is 141 Å². The van der Waals surface area contributed by atoms with Crippen LogP contribution in [0.4, 0.5) is 0 Å². The van der Waals surface area contributed by atoms with Gasteiger partial charge in [-0.2, -0.15) is 0 Å². The van der Waals surface area contributed by atoms with Gasteiger partial charge in [-0.3, -0.25) is 19.2 Å². The summed E-state index contributed by atoms with van der Waals surface area (Å²) >= 11 is 1.69. The number of carbonyl (C=O) groups is 4. The highest BCUT2D eigenvalue weighted by atomic mass is 32.1. The van der Waals surface area contributed by atoms with Gasteiger partial charge >= 0.3 is 0 Å². The number of benzene rings is 4. The highest BCUT2D eigenvalue weighted by molar-refractivity contribution is 7.10. The first-order valence-corrected chi connectivity index (χ1v) is 26.3. The highest BCUT2D eigenvalue weighted by Crippen LogP contribution is 2.39. The molecule has 3 heterocycles. The summed E-state index contributed by atoms with van der Waals surface area (Å²) < 4.78 is 6.38. The normalized spacial score (nSPS) is 18.7. The van der Waals surface area contributed by atoms with Gasteiger partial charge in [0.05, 0.1) is 17.8 Å². The molecule has 14 heteroatoms. The lowest BCUT2D eigenvalue weighted by atomic mass is 9.78. The van der Waals surface area contributed by atoms with Crippen molar-refractivity contribution in [2.45, 2.75) is 102 Å². The lowest BCUT2D eigenvalue weighted by molar-refractivity contribution is -0.147. The summed E-state index contributed by atoms with van der Waals surface area (Å²) in [7, 11) is 3.83. The number of aryl methyl sites for hydroxylation is 1. The molecule has 2 aliphatic heterocycles. The molecule has 1 fully saturated rings. The van der Waals surface area contributed by atoms with E-state index >= 15 is 0 Å². The number of ether oxygens (including phenoxy) is 1. The second-order valence-electron chi connectivity index (χ2n) is 20.8. The number of amides is 4. The number of hydrogen-bond donors (Lipinski definition) is 4. The summed E-state index contributed by atoms with van der Waals surface area (Å²) in [6.07, 6.45) is 4.91. The Labute approximate surface area is 424 Å². The van der Waals surface area contributed by atoms with Crippen molar-refractivity contribution in [3.63, 3.8) is 0 Å². The molecule has 4 atom stereocenters. The Balaban J connectivity index is 0.887. The van der Waals surface area contributed by atoms with Crippen molar-refractivity contribution in [2.24, 2.45) is 5.41 Å². The smallest absolute Gasteiger partial charge is 0.251 e. The second kappa shape index (κ2) is 23.1. The van der Waals surface area contributed by atoms with Crippen LogP contribution in [0.3, 0.4) is 0 Å². The zero-order valence-corrected chi connectivity index (χ0v) is 43.2. The minimum absolute atomic E-state index is 0.0649. The van der Waals surface area contributed by atoms with Gasteiger partial charge in [-0.1, -0.05) is 99.6 Å². The molecule has 71 heavy (non-hydrogen) atoms. The van der Waals surface area contributed by atoms with Crippen LogP contribution in [0, 0.1) is 5.41 Å². The average molecular weight is 981 g/mol. The highest BCUT2D eigenvalue weighted by Gasteiger charge is 2.43. The topological polar surface area (TPSA) is 148 Å². The van der Waals surface area contributed by atoms with Gasteiger partial charge in [0.2, 0.25) is 17.7 Å². The van der Waals surface area contributed by atoms with Gasteiger partial charge in [-0.15, -0.1) is 11.3 Å². The summed E-state index contributed by atoms with van der Waals surface area (Å²) in [6.45, 7) is 13.1. The molecule has 1 aromatic heterocycles. The minimum Gasteiger partial charge on any atom is -0.492 e. The summed E-state index contributed by atoms with van der Waals surface area (Å²) in [5.41, 5.74) is 6.14. The number of nitrogens with zero attached hydrogens (tertiary/aromatic N) is 4. The van der Waals surface area contributed by atoms with E-state index < -0.39 is 23.5 Å². The van der Waals surface area contributed by atoms with Crippen molar-refractivity contribution in [2.75, 3.05) is 60.0 Å². The molecule has 0 saturated carbocycles. The van der Waals surface area contributed by atoms with E-state index in [1.54, 1.807) is 30.2 Å². The zero-order chi connectivity index (χ0) is 50.1. The molecule has 1 aliphatic carbocycles. The molecule has 4 aromatic carbocycles. The maximum atomic E-state index is 14.8. The molecule has 2 unspecified atom stereocenters. The Hall–Kier alpha value is -5.93. The number of hydrogen-bond acceptors (Lipinski definition) is 10. The number of rotatable bonds is 18.